The van der Waals surface area contributed by atoms with Gasteiger partial charge in [-0.25, -0.2) is 0 Å². The largest absolute Gasteiger partial charge is 0.417 e. The van der Waals surface area contributed by atoms with E-state index in [0.29, 0.717) is 19.4 Å². The van der Waals surface area contributed by atoms with Crippen molar-refractivity contribution in [2.45, 2.75) is 43.9 Å². The van der Waals surface area contributed by atoms with Crippen molar-refractivity contribution in [3.8, 4) is 6.07 Å². The van der Waals surface area contributed by atoms with E-state index in [2.05, 4.69) is 12.6 Å². The maximum atomic E-state index is 13.2. The van der Waals surface area contributed by atoms with Gasteiger partial charge in [0.1, 0.15) is 5.50 Å². The molecule has 1 atom stereocenters. The normalized spacial score (nSPS) is 20.5. The van der Waals surface area contributed by atoms with Crippen LogP contribution in [0.5, 0.6) is 0 Å². The topological polar surface area (TPSA) is 67.6 Å². The van der Waals surface area contributed by atoms with Crippen LogP contribution in [0.1, 0.15) is 37.8 Å². The van der Waals surface area contributed by atoms with E-state index in [1.54, 1.807) is 18.7 Å². The number of thiol groups is 1. The average Bonchev–Trinajstić information content (AvgIpc) is 2.73. The van der Waals surface area contributed by atoms with Gasteiger partial charge in [-0.05, 0) is 44.9 Å². The first-order valence-corrected chi connectivity index (χ1v) is 8.58. The van der Waals surface area contributed by atoms with Crippen LogP contribution in [0.2, 0.25) is 0 Å². The molecule has 1 N–H and O–H groups in total. The van der Waals surface area contributed by atoms with Gasteiger partial charge < -0.3 is 5.11 Å². The van der Waals surface area contributed by atoms with Gasteiger partial charge in [-0.2, -0.15) is 18.4 Å². The van der Waals surface area contributed by atoms with Crippen LogP contribution < -0.4 is 4.90 Å². The highest BCUT2D eigenvalue weighted by Gasteiger charge is 2.51. The summed E-state index contributed by atoms with van der Waals surface area (Å²) >= 11 is 4.45. The van der Waals surface area contributed by atoms with Crippen LogP contribution in [-0.2, 0) is 11.0 Å². The van der Waals surface area contributed by atoms with E-state index in [-0.39, 0.29) is 18.2 Å². The second-order valence-corrected chi connectivity index (χ2v) is 7.01. The molecule has 2 rings (SSSR count). The van der Waals surface area contributed by atoms with Crippen LogP contribution in [0.15, 0.2) is 18.2 Å². The fraction of sp³-hybridized carbons (Fsp3) is 0.529. The van der Waals surface area contributed by atoms with Gasteiger partial charge in [0.2, 0.25) is 5.91 Å². The lowest BCUT2D eigenvalue weighted by atomic mass is 10.0. The number of nitriles is 1. The molecule has 5 nitrogen and oxygen atoms in total. The summed E-state index contributed by atoms with van der Waals surface area (Å²) in [6.07, 6.45) is -3.53. The van der Waals surface area contributed by atoms with Crippen molar-refractivity contribution in [2.24, 2.45) is 0 Å². The highest BCUT2D eigenvalue weighted by atomic mass is 32.1. The number of hydrogen-bond donors (Lipinski definition) is 2. The molecule has 1 saturated heterocycles. The lowest BCUT2D eigenvalue weighted by Crippen LogP contribution is -2.45. The first-order valence-electron chi connectivity index (χ1n) is 8.06. The van der Waals surface area contributed by atoms with Gasteiger partial charge in [0.05, 0.1) is 22.7 Å². The first-order chi connectivity index (χ1) is 12.1. The molecule has 1 unspecified atom stereocenters. The van der Waals surface area contributed by atoms with E-state index in [9.17, 15) is 18.0 Å². The third-order valence-corrected chi connectivity index (χ3v) is 4.99. The van der Waals surface area contributed by atoms with Crippen LogP contribution in [0, 0.1) is 11.3 Å². The molecule has 1 aromatic carbocycles. The minimum absolute atomic E-state index is 0.0216. The molecule has 0 spiro atoms. The van der Waals surface area contributed by atoms with Gasteiger partial charge in [0.15, 0.2) is 0 Å². The molecule has 1 aromatic rings. The Labute approximate surface area is 155 Å². The number of rotatable bonds is 5. The van der Waals surface area contributed by atoms with E-state index in [0.717, 1.165) is 12.1 Å². The molecule has 142 valence electrons. The minimum Gasteiger partial charge on any atom is -0.396 e. The lowest BCUT2D eigenvalue weighted by Gasteiger charge is -2.31. The summed E-state index contributed by atoms with van der Waals surface area (Å²) < 4.78 is 39.7. The van der Waals surface area contributed by atoms with Gasteiger partial charge in [-0.3, -0.25) is 14.6 Å². The SMILES string of the molecule is CC1(C)C(=O)N(c2ccc(C#N)c(C(F)(F)F)c2)C(S)N1CCCCO. The number of aliphatic hydroxyl groups excluding tert-OH is 1. The van der Waals surface area contributed by atoms with Crippen molar-refractivity contribution < 1.29 is 23.1 Å². The summed E-state index contributed by atoms with van der Waals surface area (Å²) in [4.78, 5) is 15.8. The van der Waals surface area contributed by atoms with Crippen LogP contribution >= 0.6 is 12.6 Å². The fourth-order valence-electron chi connectivity index (χ4n) is 3.00. The Morgan fingerprint density at radius 3 is 2.54 bits per heavy atom. The number of amides is 1. The van der Waals surface area contributed by atoms with Gasteiger partial charge >= 0.3 is 6.18 Å². The summed E-state index contributed by atoms with van der Waals surface area (Å²) in [5.41, 5.74) is -3.23. The molecule has 1 amide bonds. The zero-order valence-corrected chi connectivity index (χ0v) is 15.3. The van der Waals surface area contributed by atoms with Crippen molar-refractivity contribution in [1.82, 2.24) is 4.90 Å². The summed E-state index contributed by atoms with van der Waals surface area (Å²) in [5.74, 6) is -0.376. The number of aliphatic hydroxyl groups is 1. The molecule has 1 fully saturated rings. The Kier molecular flexibility index (Phi) is 5.90. The third-order valence-electron chi connectivity index (χ3n) is 4.48. The number of carbonyl (C=O) groups is 1. The number of unbranched alkanes of at least 4 members (excludes halogenated alkanes) is 1. The van der Waals surface area contributed by atoms with Crippen molar-refractivity contribution in [3.63, 3.8) is 0 Å². The molecule has 0 radical (unpaired) electrons. The fourth-order valence-corrected chi connectivity index (χ4v) is 3.65. The van der Waals surface area contributed by atoms with E-state index in [1.807, 2.05) is 0 Å². The number of alkyl halides is 3. The maximum absolute atomic E-state index is 13.2. The molecule has 0 aromatic heterocycles. The zero-order chi connectivity index (χ0) is 19.7. The van der Waals surface area contributed by atoms with Crippen molar-refractivity contribution in [2.75, 3.05) is 18.1 Å². The predicted molar refractivity (Wildman–Crippen MR) is 93.5 cm³/mol. The van der Waals surface area contributed by atoms with Crippen molar-refractivity contribution in [1.29, 1.82) is 5.26 Å². The molecule has 26 heavy (non-hydrogen) atoms. The smallest absolute Gasteiger partial charge is 0.396 e. The quantitative estimate of drug-likeness (QED) is 0.602. The van der Waals surface area contributed by atoms with Crippen molar-refractivity contribution >= 4 is 24.2 Å². The highest BCUT2D eigenvalue weighted by Crippen LogP contribution is 2.40. The molecule has 1 aliphatic rings. The highest BCUT2D eigenvalue weighted by molar-refractivity contribution is 7.81. The van der Waals surface area contributed by atoms with Crippen molar-refractivity contribution in [3.05, 3.63) is 29.3 Å². The second-order valence-electron chi connectivity index (χ2n) is 6.54. The predicted octanol–water partition coefficient (Wildman–Crippen LogP) is 2.99. The van der Waals surface area contributed by atoms with Gasteiger partial charge in [-0.1, -0.05) is 0 Å². The Balaban J connectivity index is 2.42. The molecule has 9 heteroatoms. The van der Waals surface area contributed by atoms with E-state index < -0.39 is 28.3 Å². The number of anilines is 1. The van der Waals surface area contributed by atoms with Crippen LogP contribution in [0.25, 0.3) is 0 Å². The Hall–Kier alpha value is -1.76. The van der Waals surface area contributed by atoms with Gasteiger partial charge in [0.25, 0.3) is 0 Å². The number of benzene rings is 1. The minimum atomic E-state index is -4.70. The Bertz CT molecular complexity index is 731. The molecule has 1 aliphatic heterocycles. The summed E-state index contributed by atoms with van der Waals surface area (Å²) in [6.45, 7) is 3.86. The molecule has 0 saturated carbocycles. The molecule has 0 aliphatic carbocycles. The monoisotopic (exact) mass is 387 g/mol. The van der Waals surface area contributed by atoms with Gasteiger partial charge in [0, 0.05) is 18.8 Å². The zero-order valence-electron chi connectivity index (χ0n) is 14.4. The second kappa shape index (κ2) is 7.47. The number of halogens is 3. The Morgan fingerprint density at radius 2 is 2.00 bits per heavy atom. The van der Waals surface area contributed by atoms with Crippen LogP contribution in [0.3, 0.4) is 0 Å². The molecule has 0 bridgehead atoms. The lowest BCUT2D eigenvalue weighted by molar-refractivity contribution is -0.137. The molecular formula is C17H20F3N3O2S. The molecular weight excluding hydrogens is 367 g/mol. The number of carbonyl (C=O) groups excluding carboxylic acids is 1. The van der Waals surface area contributed by atoms with E-state index in [4.69, 9.17) is 10.4 Å². The van der Waals surface area contributed by atoms with Crippen LogP contribution in [-0.4, -0.2) is 40.1 Å². The molecule has 1 heterocycles. The van der Waals surface area contributed by atoms with Crippen LogP contribution in [0.4, 0.5) is 18.9 Å². The standard InChI is InChI=1S/C17H20F3N3O2S/c1-16(2)14(25)23(15(26)22(16)7-3-4-8-24)12-6-5-11(10-21)13(9-12)17(18,19)20/h5-6,9,15,24,26H,3-4,7-8H2,1-2H3. The van der Waals surface area contributed by atoms with Gasteiger partial charge in [-0.15, -0.1) is 12.6 Å². The van der Waals surface area contributed by atoms with E-state index >= 15 is 0 Å². The Morgan fingerprint density at radius 1 is 1.35 bits per heavy atom. The summed E-state index contributed by atoms with van der Waals surface area (Å²) in [6, 6.07) is 4.72. The summed E-state index contributed by atoms with van der Waals surface area (Å²) in [5, 5.41) is 17.8. The first kappa shape index (κ1) is 20.6. The maximum Gasteiger partial charge on any atom is 0.417 e. The third kappa shape index (κ3) is 3.68. The number of hydrogen-bond acceptors (Lipinski definition) is 5. The average molecular weight is 387 g/mol. The summed E-state index contributed by atoms with van der Waals surface area (Å²) in [7, 11) is 0. The van der Waals surface area contributed by atoms with E-state index in [1.165, 1.54) is 17.0 Å². The number of nitrogens with zero attached hydrogens (tertiary/aromatic N) is 3.